The Labute approximate surface area is 118 Å². The molecule has 5 heteroatoms. The van der Waals surface area contributed by atoms with E-state index in [4.69, 9.17) is 0 Å². The van der Waals surface area contributed by atoms with Crippen LogP contribution in [-0.2, 0) is 0 Å². The van der Waals surface area contributed by atoms with Crippen molar-refractivity contribution in [3.8, 4) is 0 Å². The molecular weight excluding hydrogens is 254 g/mol. The second-order valence-corrected chi connectivity index (χ2v) is 5.21. The van der Waals surface area contributed by atoms with E-state index in [0.29, 0.717) is 11.0 Å². The number of carboxylic acid groups (broad SMARTS) is 1. The first-order valence-corrected chi connectivity index (χ1v) is 7.22. The molecule has 0 radical (unpaired) electrons. The molecule has 0 aliphatic carbocycles. The van der Waals surface area contributed by atoms with E-state index in [1.165, 1.54) is 19.3 Å². The predicted octanol–water partition coefficient (Wildman–Crippen LogP) is 3.66. The van der Waals surface area contributed by atoms with Gasteiger partial charge in [0.2, 0.25) is 0 Å². The van der Waals surface area contributed by atoms with Crippen molar-refractivity contribution >= 4 is 17.0 Å². The van der Waals surface area contributed by atoms with Crippen molar-refractivity contribution < 1.29 is 9.90 Å². The van der Waals surface area contributed by atoms with Gasteiger partial charge in [0.25, 0.3) is 0 Å². The smallest absolute Gasteiger partial charge is 0.337 e. The molecule has 20 heavy (non-hydrogen) atoms. The molecule has 1 unspecified atom stereocenters. The molecule has 2 aromatic rings. The number of para-hydroxylation sites is 1. The molecule has 2 rings (SSSR count). The zero-order valence-corrected chi connectivity index (χ0v) is 12.0. The third kappa shape index (κ3) is 2.98. The van der Waals surface area contributed by atoms with E-state index in [0.717, 1.165) is 12.8 Å². The van der Waals surface area contributed by atoms with Crippen LogP contribution in [0.1, 0.15) is 62.4 Å². The molecule has 0 amide bonds. The molecule has 1 aromatic heterocycles. The minimum Gasteiger partial charge on any atom is -0.478 e. The summed E-state index contributed by atoms with van der Waals surface area (Å²) >= 11 is 0. The van der Waals surface area contributed by atoms with Crippen LogP contribution < -0.4 is 0 Å². The van der Waals surface area contributed by atoms with Crippen molar-refractivity contribution in [2.24, 2.45) is 0 Å². The molecule has 1 N–H and O–H groups in total. The second kappa shape index (κ2) is 6.50. The molecule has 1 aromatic carbocycles. The number of unbranched alkanes of at least 4 members (excludes halogenated alkanes) is 3. The van der Waals surface area contributed by atoms with Gasteiger partial charge in [0.1, 0.15) is 11.0 Å². The number of aromatic nitrogens is 3. The first-order valence-electron chi connectivity index (χ1n) is 7.22. The maximum atomic E-state index is 11.3. The maximum absolute atomic E-state index is 11.3. The van der Waals surface area contributed by atoms with E-state index in [1.807, 2.05) is 0 Å². The van der Waals surface area contributed by atoms with Gasteiger partial charge < -0.3 is 5.11 Å². The molecule has 0 aliphatic rings. The number of hydrogen-bond acceptors (Lipinski definition) is 3. The van der Waals surface area contributed by atoms with Crippen LogP contribution in [0.5, 0.6) is 0 Å². The van der Waals surface area contributed by atoms with E-state index < -0.39 is 5.97 Å². The van der Waals surface area contributed by atoms with Gasteiger partial charge in [-0.3, -0.25) is 0 Å². The van der Waals surface area contributed by atoms with Crippen molar-refractivity contribution in [1.29, 1.82) is 0 Å². The fourth-order valence-corrected chi connectivity index (χ4v) is 2.46. The number of rotatable bonds is 7. The molecule has 5 nitrogen and oxygen atoms in total. The van der Waals surface area contributed by atoms with Gasteiger partial charge in [-0.1, -0.05) is 43.9 Å². The third-order valence-electron chi connectivity index (χ3n) is 3.62. The highest BCUT2D eigenvalue weighted by molar-refractivity contribution is 6.00. The molecule has 0 saturated carbocycles. The Bertz CT molecular complexity index is 592. The van der Waals surface area contributed by atoms with Crippen molar-refractivity contribution in [2.75, 3.05) is 0 Å². The number of carboxylic acids is 1. The van der Waals surface area contributed by atoms with Crippen LogP contribution >= 0.6 is 0 Å². The Morgan fingerprint density at radius 2 is 2.15 bits per heavy atom. The van der Waals surface area contributed by atoms with Gasteiger partial charge in [-0.25, -0.2) is 9.48 Å². The summed E-state index contributed by atoms with van der Waals surface area (Å²) in [5.74, 6) is -0.933. The van der Waals surface area contributed by atoms with Gasteiger partial charge >= 0.3 is 5.97 Å². The maximum Gasteiger partial charge on any atom is 0.337 e. The summed E-state index contributed by atoms with van der Waals surface area (Å²) in [6.07, 6.45) is 5.78. The summed E-state index contributed by atoms with van der Waals surface area (Å²) in [7, 11) is 0. The highest BCUT2D eigenvalue weighted by atomic mass is 16.4. The van der Waals surface area contributed by atoms with Crippen LogP contribution in [-0.4, -0.2) is 26.1 Å². The summed E-state index contributed by atoms with van der Waals surface area (Å²) in [6.45, 7) is 4.26. The summed E-state index contributed by atoms with van der Waals surface area (Å²) in [5.41, 5.74) is 1.54. The highest BCUT2D eigenvalue weighted by Gasteiger charge is 2.17. The predicted molar refractivity (Wildman–Crippen MR) is 78.0 cm³/mol. The number of hydrogen-bond donors (Lipinski definition) is 1. The standard InChI is InChI=1S/C15H21N3O2/c1-3-4-5-6-8-11(2)18-14-12(15(19)20)9-7-10-13(14)16-17-18/h7,9-11H,3-6,8H2,1-2H3,(H,19,20). The van der Waals surface area contributed by atoms with Gasteiger partial charge in [0.05, 0.1) is 11.6 Å². The van der Waals surface area contributed by atoms with Gasteiger partial charge in [-0.05, 0) is 25.5 Å². The summed E-state index contributed by atoms with van der Waals surface area (Å²) < 4.78 is 1.75. The minimum absolute atomic E-state index is 0.164. The van der Waals surface area contributed by atoms with Gasteiger partial charge in [-0.2, -0.15) is 0 Å². The average molecular weight is 275 g/mol. The third-order valence-corrected chi connectivity index (χ3v) is 3.62. The molecule has 108 valence electrons. The molecular formula is C15H21N3O2. The Kier molecular flexibility index (Phi) is 4.71. The van der Waals surface area contributed by atoms with E-state index in [2.05, 4.69) is 24.2 Å². The zero-order chi connectivity index (χ0) is 14.5. The highest BCUT2D eigenvalue weighted by Crippen LogP contribution is 2.23. The van der Waals surface area contributed by atoms with Gasteiger partial charge in [0.15, 0.2) is 0 Å². The molecule has 0 bridgehead atoms. The van der Waals surface area contributed by atoms with Crippen molar-refractivity contribution in [1.82, 2.24) is 15.0 Å². The summed E-state index contributed by atoms with van der Waals surface area (Å²) in [5, 5.41) is 17.5. The van der Waals surface area contributed by atoms with E-state index in [9.17, 15) is 9.90 Å². The van der Waals surface area contributed by atoms with Gasteiger partial charge in [0, 0.05) is 0 Å². The number of benzene rings is 1. The first kappa shape index (κ1) is 14.5. The van der Waals surface area contributed by atoms with Gasteiger partial charge in [-0.15, -0.1) is 5.10 Å². The summed E-state index contributed by atoms with van der Waals surface area (Å²) in [6, 6.07) is 5.28. The Balaban J connectivity index is 2.23. The Morgan fingerprint density at radius 3 is 2.85 bits per heavy atom. The normalized spacial score (nSPS) is 12.7. The Hall–Kier alpha value is -1.91. The van der Waals surface area contributed by atoms with E-state index in [-0.39, 0.29) is 11.6 Å². The van der Waals surface area contributed by atoms with Crippen molar-refractivity contribution in [3.05, 3.63) is 23.8 Å². The first-order chi connectivity index (χ1) is 9.65. The minimum atomic E-state index is -0.933. The molecule has 1 heterocycles. The molecule has 0 spiro atoms. The van der Waals surface area contributed by atoms with Crippen LogP contribution in [0.2, 0.25) is 0 Å². The number of carbonyl (C=O) groups is 1. The molecule has 0 fully saturated rings. The second-order valence-electron chi connectivity index (χ2n) is 5.21. The summed E-state index contributed by atoms with van der Waals surface area (Å²) in [4.78, 5) is 11.3. The fraction of sp³-hybridized carbons (Fsp3) is 0.533. The van der Waals surface area contributed by atoms with Crippen molar-refractivity contribution in [2.45, 2.75) is 52.0 Å². The topological polar surface area (TPSA) is 68.0 Å². The largest absolute Gasteiger partial charge is 0.478 e. The number of aromatic carboxylic acids is 1. The number of fused-ring (bicyclic) bond motifs is 1. The van der Waals surface area contributed by atoms with Crippen LogP contribution in [0.4, 0.5) is 0 Å². The van der Waals surface area contributed by atoms with Crippen LogP contribution in [0, 0.1) is 0 Å². The Morgan fingerprint density at radius 1 is 1.35 bits per heavy atom. The monoisotopic (exact) mass is 275 g/mol. The average Bonchev–Trinajstić information content (AvgIpc) is 2.87. The SMILES string of the molecule is CCCCCCC(C)n1nnc2cccc(C(=O)O)c21. The lowest BCUT2D eigenvalue weighted by molar-refractivity contribution is 0.0698. The van der Waals surface area contributed by atoms with E-state index >= 15 is 0 Å². The fourth-order valence-electron chi connectivity index (χ4n) is 2.46. The molecule has 0 aliphatic heterocycles. The number of nitrogens with zero attached hydrogens (tertiary/aromatic N) is 3. The quantitative estimate of drug-likeness (QED) is 0.783. The van der Waals surface area contributed by atoms with Crippen LogP contribution in [0.15, 0.2) is 18.2 Å². The van der Waals surface area contributed by atoms with Crippen LogP contribution in [0.25, 0.3) is 11.0 Å². The lowest BCUT2D eigenvalue weighted by Gasteiger charge is -2.13. The lowest BCUT2D eigenvalue weighted by Crippen LogP contribution is -2.10. The van der Waals surface area contributed by atoms with Crippen molar-refractivity contribution in [3.63, 3.8) is 0 Å². The van der Waals surface area contributed by atoms with Crippen LogP contribution in [0.3, 0.4) is 0 Å². The lowest BCUT2D eigenvalue weighted by atomic mass is 10.1. The molecule has 1 atom stereocenters. The zero-order valence-electron chi connectivity index (χ0n) is 12.0. The molecule has 0 saturated heterocycles. The van der Waals surface area contributed by atoms with E-state index in [1.54, 1.807) is 22.9 Å².